The van der Waals surface area contributed by atoms with Crippen LogP contribution in [0.15, 0.2) is 0 Å². The molecule has 1 heteroatoms. The summed E-state index contributed by atoms with van der Waals surface area (Å²) in [5.41, 5.74) is 6.37. The van der Waals surface area contributed by atoms with Gasteiger partial charge in [0.15, 0.2) is 0 Å². The van der Waals surface area contributed by atoms with Crippen LogP contribution in [-0.2, 0) is 0 Å². The van der Waals surface area contributed by atoms with Crippen LogP contribution in [0, 0.1) is 11.3 Å². The topological polar surface area (TPSA) is 26.0 Å². The largest absolute Gasteiger partial charge is 0.328 e. The molecule has 0 amide bonds. The molecule has 0 aromatic carbocycles. The monoisotopic (exact) mass is 169 g/mol. The number of hydrogen-bond acceptors (Lipinski definition) is 1. The lowest BCUT2D eigenvalue weighted by molar-refractivity contribution is 0.228. The molecule has 1 aliphatic carbocycles. The van der Waals surface area contributed by atoms with Crippen molar-refractivity contribution in [2.45, 2.75) is 58.9 Å². The molecule has 0 heterocycles. The van der Waals surface area contributed by atoms with Gasteiger partial charge in [0.05, 0.1) is 0 Å². The fourth-order valence-electron chi connectivity index (χ4n) is 2.26. The SMILES string of the molecule is CC(C)(C)C[C@H]1CC[C@H](N)CC1. The van der Waals surface area contributed by atoms with E-state index in [0.29, 0.717) is 11.5 Å². The maximum absolute atomic E-state index is 5.86. The van der Waals surface area contributed by atoms with Gasteiger partial charge in [-0.1, -0.05) is 20.8 Å². The van der Waals surface area contributed by atoms with Gasteiger partial charge < -0.3 is 5.73 Å². The molecule has 0 atom stereocenters. The van der Waals surface area contributed by atoms with Crippen LogP contribution < -0.4 is 5.73 Å². The van der Waals surface area contributed by atoms with Crippen molar-refractivity contribution >= 4 is 0 Å². The van der Waals surface area contributed by atoms with Crippen molar-refractivity contribution in [3.63, 3.8) is 0 Å². The molecule has 1 saturated carbocycles. The van der Waals surface area contributed by atoms with Gasteiger partial charge in [-0.05, 0) is 43.4 Å². The molecule has 12 heavy (non-hydrogen) atoms. The predicted molar refractivity (Wildman–Crippen MR) is 54.0 cm³/mol. The van der Waals surface area contributed by atoms with E-state index in [4.69, 9.17) is 5.73 Å². The van der Waals surface area contributed by atoms with Crippen LogP contribution in [0.5, 0.6) is 0 Å². The highest BCUT2D eigenvalue weighted by atomic mass is 14.6. The third-order valence-corrected chi connectivity index (χ3v) is 2.79. The van der Waals surface area contributed by atoms with Crippen molar-refractivity contribution in [3.8, 4) is 0 Å². The van der Waals surface area contributed by atoms with Crippen LogP contribution >= 0.6 is 0 Å². The van der Waals surface area contributed by atoms with Crippen molar-refractivity contribution in [2.24, 2.45) is 17.1 Å². The summed E-state index contributed by atoms with van der Waals surface area (Å²) in [5, 5.41) is 0. The number of nitrogens with two attached hydrogens (primary N) is 1. The highest BCUT2D eigenvalue weighted by molar-refractivity contribution is 4.77. The first-order valence-corrected chi connectivity index (χ1v) is 5.23. The van der Waals surface area contributed by atoms with Crippen molar-refractivity contribution < 1.29 is 0 Å². The molecule has 72 valence electrons. The van der Waals surface area contributed by atoms with Gasteiger partial charge in [-0.3, -0.25) is 0 Å². The molecule has 0 bridgehead atoms. The Labute approximate surface area is 76.7 Å². The second-order valence-corrected chi connectivity index (χ2v) is 5.55. The molecule has 0 spiro atoms. The van der Waals surface area contributed by atoms with Gasteiger partial charge in [0, 0.05) is 6.04 Å². The van der Waals surface area contributed by atoms with Gasteiger partial charge in [0.2, 0.25) is 0 Å². The average molecular weight is 169 g/mol. The smallest absolute Gasteiger partial charge is 0.00390 e. The summed E-state index contributed by atoms with van der Waals surface area (Å²) >= 11 is 0. The number of hydrogen-bond donors (Lipinski definition) is 1. The molecule has 2 N–H and O–H groups in total. The molecular weight excluding hydrogens is 146 g/mol. The Morgan fingerprint density at radius 2 is 1.58 bits per heavy atom. The number of rotatable bonds is 1. The van der Waals surface area contributed by atoms with Gasteiger partial charge in [-0.25, -0.2) is 0 Å². The summed E-state index contributed by atoms with van der Waals surface area (Å²) < 4.78 is 0. The fraction of sp³-hybridized carbons (Fsp3) is 1.00. The van der Waals surface area contributed by atoms with E-state index in [0.717, 1.165) is 5.92 Å². The van der Waals surface area contributed by atoms with Gasteiger partial charge in [0.25, 0.3) is 0 Å². The molecule has 1 fully saturated rings. The maximum Gasteiger partial charge on any atom is 0.00390 e. The van der Waals surface area contributed by atoms with E-state index < -0.39 is 0 Å². The van der Waals surface area contributed by atoms with Crippen molar-refractivity contribution in [1.82, 2.24) is 0 Å². The van der Waals surface area contributed by atoms with Crippen LogP contribution in [0.25, 0.3) is 0 Å². The second kappa shape index (κ2) is 3.78. The Morgan fingerprint density at radius 3 is 2.00 bits per heavy atom. The van der Waals surface area contributed by atoms with E-state index in [1.165, 1.54) is 32.1 Å². The van der Waals surface area contributed by atoms with E-state index in [1.54, 1.807) is 0 Å². The summed E-state index contributed by atoms with van der Waals surface area (Å²) in [6.45, 7) is 7.00. The minimum atomic E-state index is 0.501. The summed E-state index contributed by atoms with van der Waals surface area (Å²) in [4.78, 5) is 0. The third kappa shape index (κ3) is 3.57. The molecule has 1 aliphatic rings. The first-order valence-electron chi connectivity index (χ1n) is 5.23. The highest BCUT2D eigenvalue weighted by Crippen LogP contribution is 2.33. The van der Waals surface area contributed by atoms with Gasteiger partial charge in [-0.2, -0.15) is 0 Å². The Morgan fingerprint density at radius 1 is 1.08 bits per heavy atom. The quantitative estimate of drug-likeness (QED) is 0.641. The Bertz CT molecular complexity index is 126. The van der Waals surface area contributed by atoms with Crippen molar-refractivity contribution in [2.75, 3.05) is 0 Å². The molecule has 0 unspecified atom stereocenters. The zero-order valence-corrected chi connectivity index (χ0v) is 8.77. The second-order valence-electron chi connectivity index (χ2n) is 5.55. The average Bonchev–Trinajstić information content (AvgIpc) is 1.91. The van der Waals surface area contributed by atoms with Crippen LogP contribution in [0.2, 0.25) is 0 Å². The zero-order chi connectivity index (χ0) is 9.19. The summed E-state index contributed by atoms with van der Waals surface area (Å²) in [6, 6.07) is 0.501. The lowest BCUT2D eigenvalue weighted by atomic mass is 9.76. The highest BCUT2D eigenvalue weighted by Gasteiger charge is 2.23. The van der Waals surface area contributed by atoms with Gasteiger partial charge in [-0.15, -0.1) is 0 Å². The van der Waals surface area contributed by atoms with Gasteiger partial charge in [0.1, 0.15) is 0 Å². The normalized spacial score (nSPS) is 32.0. The maximum atomic E-state index is 5.86. The summed E-state index contributed by atoms with van der Waals surface area (Å²) in [7, 11) is 0. The van der Waals surface area contributed by atoms with Crippen molar-refractivity contribution in [3.05, 3.63) is 0 Å². The van der Waals surface area contributed by atoms with Crippen LogP contribution in [0.3, 0.4) is 0 Å². The fourth-order valence-corrected chi connectivity index (χ4v) is 2.26. The standard InChI is InChI=1S/C11H23N/c1-11(2,3)8-9-4-6-10(12)7-5-9/h9-10H,4-8,12H2,1-3H3/t9-,10-. The van der Waals surface area contributed by atoms with E-state index in [2.05, 4.69) is 20.8 Å². The predicted octanol–water partition coefficient (Wildman–Crippen LogP) is 2.94. The molecule has 1 nitrogen and oxygen atoms in total. The lowest BCUT2D eigenvalue weighted by Gasteiger charge is -2.31. The minimum absolute atomic E-state index is 0.501. The Kier molecular flexibility index (Phi) is 3.16. The zero-order valence-electron chi connectivity index (χ0n) is 8.77. The molecule has 0 aromatic rings. The van der Waals surface area contributed by atoms with E-state index in [-0.39, 0.29) is 0 Å². The first kappa shape index (κ1) is 10.0. The van der Waals surface area contributed by atoms with E-state index in [1.807, 2.05) is 0 Å². The Hall–Kier alpha value is -0.0400. The first-order chi connectivity index (χ1) is 5.47. The molecule has 0 saturated heterocycles. The summed E-state index contributed by atoms with van der Waals surface area (Å²) in [5.74, 6) is 0.949. The van der Waals surface area contributed by atoms with Crippen LogP contribution in [0.4, 0.5) is 0 Å². The van der Waals surface area contributed by atoms with E-state index >= 15 is 0 Å². The van der Waals surface area contributed by atoms with E-state index in [9.17, 15) is 0 Å². The molecule has 0 aromatic heterocycles. The molecular formula is C11H23N. The molecule has 1 rings (SSSR count). The van der Waals surface area contributed by atoms with Gasteiger partial charge >= 0.3 is 0 Å². The Balaban J connectivity index is 2.26. The lowest BCUT2D eigenvalue weighted by Crippen LogP contribution is -2.28. The van der Waals surface area contributed by atoms with Crippen LogP contribution in [-0.4, -0.2) is 6.04 Å². The summed E-state index contributed by atoms with van der Waals surface area (Å²) in [6.07, 6.45) is 6.60. The van der Waals surface area contributed by atoms with Crippen LogP contribution in [0.1, 0.15) is 52.9 Å². The third-order valence-electron chi connectivity index (χ3n) is 2.79. The minimum Gasteiger partial charge on any atom is -0.328 e. The van der Waals surface area contributed by atoms with Crippen molar-refractivity contribution in [1.29, 1.82) is 0 Å². The molecule has 0 radical (unpaired) electrons. The molecule has 0 aliphatic heterocycles.